The molecule has 3 aliphatic heterocycles. The number of hydrogen-bond donors (Lipinski definition) is 1. The number of fused-ring (bicyclic) bond motifs is 1. The Balaban J connectivity index is 1.89. The van der Waals surface area contributed by atoms with Crippen molar-refractivity contribution in [3.05, 3.63) is 35.9 Å². The Hall–Kier alpha value is -2.38. The van der Waals surface area contributed by atoms with E-state index >= 15 is 0 Å². The lowest BCUT2D eigenvalue weighted by atomic mass is 9.44. The molecule has 2 fully saturated rings. The van der Waals surface area contributed by atoms with E-state index in [9.17, 15) is 14.7 Å². The number of esters is 1. The fourth-order valence-corrected chi connectivity index (χ4v) is 8.07. The highest BCUT2D eigenvalue weighted by atomic mass is 16.5. The summed E-state index contributed by atoms with van der Waals surface area (Å²) >= 11 is 0. The first kappa shape index (κ1) is 21.5. The first-order valence-electron chi connectivity index (χ1n) is 11.4. The second-order valence-electron chi connectivity index (χ2n) is 9.81. The molecule has 0 bridgehead atoms. The number of ketones is 1. The van der Waals surface area contributed by atoms with E-state index in [-0.39, 0.29) is 11.8 Å². The monoisotopic (exact) mass is 440 g/mol. The van der Waals surface area contributed by atoms with E-state index in [1.54, 1.807) is 7.11 Å². The molecule has 0 radical (unpaired) electrons. The molecule has 1 aliphatic carbocycles. The minimum absolute atomic E-state index is 0.00840. The number of Topliss-reactive ketones (excluding diaryl/α,β-unsaturated/α-hetero) is 1. The topological polar surface area (TPSA) is 79.3 Å². The van der Waals surface area contributed by atoms with Gasteiger partial charge in [-0.1, -0.05) is 25.1 Å². The molecule has 172 valence electrons. The van der Waals surface area contributed by atoms with E-state index in [0.29, 0.717) is 6.42 Å². The van der Waals surface area contributed by atoms with Crippen LogP contribution in [0.4, 0.5) is 5.69 Å². The molecule has 1 saturated carbocycles. The van der Waals surface area contributed by atoms with Gasteiger partial charge in [0.2, 0.25) is 0 Å². The van der Waals surface area contributed by atoms with Crippen molar-refractivity contribution in [2.75, 3.05) is 39.3 Å². The second-order valence-corrected chi connectivity index (χ2v) is 9.81. The van der Waals surface area contributed by atoms with Gasteiger partial charge >= 0.3 is 5.97 Å². The molecule has 7 nitrogen and oxygen atoms in total. The summed E-state index contributed by atoms with van der Waals surface area (Å²) in [6, 6.07) is 5.37. The third-order valence-corrected chi connectivity index (χ3v) is 8.83. The van der Waals surface area contributed by atoms with E-state index in [1.807, 2.05) is 24.1 Å². The van der Waals surface area contributed by atoms with Gasteiger partial charge < -0.3 is 19.5 Å². The lowest BCUT2D eigenvalue weighted by molar-refractivity contribution is -0.200. The van der Waals surface area contributed by atoms with Crippen LogP contribution in [-0.2, 0) is 19.7 Å². The van der Waals surface area contributed by atoms with E-state index in [4.69, 9.17) is 9.47 Å². The molecule has 5 rings (SSSR count). The van der Waals surface area contributed by atoms with Crippen molar-refractivity contribution in [3.8, 4) is 5.75 Å². The van der Waals surface area contributed by atoms with Gasteiger partial charge in [-0.2, -0.15) is 0 Å². The fourth-order valence-electron chi connectivity index (χ4n) is 8.07. The summed E-state index contributed by atoms with van der Waals surface area (Å²) in [5.74, 6) is -1.12. The van der Waals surface area contributed by atoms with Gasteiger partial charge in [0.15, 0.2) is 5.60 Å². The minimum atomic E-state index is -1.99. The summed E-state index contributed by atoms with van der Waals surface area (Å²) in [5.41, 5.74) is -1.15. The van der Waals surface area contributed by atoms with Crippen molar-refractivity contribution in [3.63, 3.8) is 0 Å². The number of rotatable bonds is 4. The molecule has 4 aliphatic rings. The zero-order chi connectivity index (χ0) is 23.1. The molecule has 1 N–H and O–H groups in total. The summed E-state index contributed by atoms with van der Waals surface area (Å²) in [6.07, 6.45) is 5.64. The summed E-state index contributed by atoms with van der Waals surface area (Å²) < 4.78 is 10.7. The highest BCUT2D eigenvalue weighted by Crippen LogP contribution is 2.68. The van der Waals surface area contributed by atoms with Crippen LogP contribution >= 0.6 is 0 Å². The fraction of sp³-hybridized carbons (Fsp3) is 0.600. The average molecular weight is 441 g/mol. The highest BCUT2D eigenvalue weighted by Gasteiger charge is 2.79. The van der Waals surface area contributed by atoms with Crippen molar-refractivity contribution in [2.24, 2.45) is 11.3 Å². The number of nitrogens with zero attached hydrogens (tertiary/aromatic N) is 2. The zero-order valence-corrected chi connectivity index (χ0v) is 19.4. The van der Waals surface area contributed by atoms with Crippen LogP contribution in [0.2, 0.25) is 0 Å². The molecule has 32 heavy (non-hydrogen) atoms. The maximum absolute atomic E-state index is 13.5. The van der Waals surface area contributed by atoms with Gasteiger partial charge in [-0.25, -0.2) is 4.79 Å². The Morgan fingerprint density at radius 1 is 1.25 bits per heavy atom. The van der Waals surface area contributed by atoms with Crippen molar-refractivity contribution in [1.82, 2.24) is 4.90 Å². The van der Waals surface area contributed by atoms with Crippen LogP contribution in [0.25, 0.3) is 0 Å². The predicted octanol–water partition coefficient (Wildman–Crippen LogP) is 1.91. The van der Waals surface area contributed by atoms with Crippen molar-refractivity contribution < 1.29 is 24.2 Å². The van der Waals surface area contributed by atoms with Crippen molar-refractivity contribution in [1.29, 1.82) is 0 Å². The molecule has 7 heteroatoms. The molecule has 1 aromatic rings. The van der Waals surface area contributed by atoms with Gasteiger partial charge in [0.05, 0.1) is 26.2 Å². The third kappa shape index (κ3) is 2.19. The number of carbonyl (C=O) groups excluding carboxylic acids is 2. The van der Waals surface area contributed by atoms with Crippen LogP contribution in [0, 0.1) is 11.3 Å². The zero-order valence-electron chi connectivity index (χ0n) is 19.4. The summed E-state index contributed by atoms with van der Waals surface area (Å²) in [7, 11) is 4.82. The number of hydrogen-bond acceptors (Lipinski definition) is 7. The van der Waals surface area contributed by atoms with Gasteiger partial charge in [-0.05, 0) is 37.9 Å². The summed E-state index contributed by atoms with van der Waals surface area (Å²) in [4.78, 5) is 31.2. The lowest BCUT2D eigenvalue weighted by Gasteiger charge is -2.64. The Bertz CT molecular complexity index is 1020. The van der Waals surface area contributed by atoms with Crippen LogP contribution in [0.1, 0.15) is 32.3 Å². The van der Waals surface area contributed by atoms with Crippen molar-refractivity contribution in [2.45, 2.75) is 49.8 Å². The lowest BCUT2D eigenvalue weighted by Crippen LogP contribution is -2.79. The molecule has 0 aromatic heterocycles. The first-order chi connectivity index (χ1) is 15.2. The Morgan fingerprint density at radius 2 is 2.00 bits per heavy atom. The van der Waals surface area contributed by atoms with E-state index in [0.717, 1.165) is 36.5 Å². The van der Waals surface area contributed by atoms with Gasteiger partial charge in [-0.15, -0.1) is 0 Å². The second kappa shape index (κ2) is 6.81. The molecule has 3 heterocycles. The maximum Gasteiger partial charge on any atom is 0.340 e. The summed E-state index contributed by atoms with van der Waals surface area (Å²) in [5, 5.41) is 12.4. The van der Waals surface area contributed by atoms with Gasteiger partial charge in [0, 0.05) is 42.2 Å². The molecule has 0 amide bonds. The molecular weight excluding hydrogens is 408 g/mol. The minimum Gasteiger partial charge on any atom is -0.497 e. The predicted molar refractivity (Wildman–Crippen MR) is 120 cm³/mol. The van der Waals surface area contributed by atoms with Crippen LogP contribution in [0.15, 0.2) is 30.4 Å². The van der Waals surface area contributed by atoms with Crippen LogP contribution in [-0.4, -0.2) is 73.8 Å². The maximum atomic E-state index is 13.5. The third-order valence-electron chi connectivity index (χ3n) is 8.83. The molecule has 1 spiro atoms. The first-order valence-corrected chi connectivity index (χ1v) is 11.4. The number of methoxy groups -OCH3 is 2. The molecule has 0 unspecified atom stereocenters. The van der Waals surface area contributed by atoms with Gasteiger partial charge in [-0.3, -0.25) is 9.69 Å². The number of aliphatic hydroxyl groups is 1. The van der Waals surface area contributed by atoms with Crippen LogP contribution in [0.5, 0.6) is 5.75 Å². The average Bonchev–Trinajstić information content (AvgIpc) is 3.30. The summed E-state index contributed by atoms with van der Waals surface area (Å²) in [6.45, 7) is 5.20. The normalized spacial score (nSPS) is 39.3. The SMILES string of the molecule is CC[C@]12C=CCN3CC[C@]4(c5ccc(OC)cc5N(C)[C@@H]4[C@](O)(C(=O)OC)[C@H]1C(C)=O)[C@H]32. The van der Waals surface area contributed by atoms with Crippen molar-refractivity contribution >= 4 is 17.4 Å². The number of likely N-dealkylation sites (N-methyl/N-ethyl adjacent to an activating group) is 1. The number of ether oxygens (including phenoxy) is 2. The molecule has 1 saturated heterocycles. The Kier molecular flexibility index (Phi) is 4.57. The Morgan fingerprint density at radius 3 is 2.62 bits per heavy atom. The van der Waals surface area contributed by atoms with Crippen LogP contribution in [0.3, 0.4) is 0 Å². The van der Waals surface area contributed by atoms with E-state index in [2.05, 4.69) is 30.0 Å². The van der Waals surface area contributed by atoms with Gasteiger partial charge in [0.25, 0.3) is 0 Å². The largest absolute Gasteiger partial charge is 0.497 e. The smallest absolute Gasteiger partial charge is 0.340 e. The number of anilines is 1. The number of carbonyl (C=O) groups is 2. The highest BCUT2D eigenvalue weighted by molar-refractivity contribution is 5.94. The molecule has 6 atom stereocenters. The van der Waals surface area contributed by atoms with E-state index < -0.39 is 34.4 Å². The van der Waals surface area contributed by atoms with Gasteiger partial charge in [0.1, 0.15) is 11.5 Å². The molecule has 1 aromatic carbocycles. The molecular formula is C25H32N2O5. The number of benzene rings is 1. The Labute approximate surface area is 189 Å². The van der Waals surface area contributed by atoms with Crippen LogP contribution < -0.4 is 9.64 Å². The standard InChI is InChI=1S/C25H32N2O5/c1-6-23-10-7-12-27-13-11-24(20(23)27)17-9-8-16(31-4)14-18(17)26(3)21(24)25(30,22(29)32-5)19(23)15(2)28/h7-10,14,19-21,30H,6,11-13H2,1-5H3/t19-,20+,21-,23-,24-,25-/m0/s1. The van der Waals surface area contributed by atoms with E-state index in [1.165, 1.54) is 14.0 Å². The quantitative estimate of drug-likeness (QED) is 0.566.